The number of pyridine rings is 1. The second kappa shape index (κ2) is 6.32. The number of carbonyl (C=O) groups excluding carboxylic acids is 1. The van der Waals surface area contributed by atoms with Crippen LogP contribution in [0.1, 0.15) is 29.0 Å². The zero-order chi connectivity index (χ0) is 14.3. The number of nitrogens with zero attached hydrogens (tertiary/aromatic N) is 3. The second-order valence-corrected chi connectivity index (χ2v) is 6.13. The van der Waals surface area contributed by atoms with Crippen molar-refractivity contribution in [3.05, 3.63) is 36.0 Å². The van der Waals surface area contributed by atoms with E-state index in [9.17, 15) is 4.79 Å². The van der Waals surface area contributed by atoms with Crippen LogP contribution < -0.4 is 0 Å². The van der Waals surface area contributed by atoms with Crippen LogP contribution >= 0.6 is 0 Å². The summed E-state index contributed by atoms with van der Waals surface area (Å²) >= 11 is 0. The van der Waals surface area contributed by atoms with Gasteiger partial charge in [-0.15, -0.1) is 13.1 Å². The van der Waals surface area contributed by atoms with Gasteiger partial charge in [-0.05, 0) is 25.0 Å². The van der Waals surface area contributed by atoms with Crippen LogP contribution in [-0.2, 0) is 28.8 Å². The van der Waals surface area contributed by atoms with Crippen molar-refractivity contribution in [2.24, 2.45) is 0 Å². The number of amides is 1. The van der Waals surface area contributed by atoms with Crippen LogP contribution in [0.3, 0.4) is 0 Å². The van der Waals surface area contributed by atoms with E-state index in [0.717, 1.165) is 44.7 Å². The Morgan fingerprint density at radius 1 is 1.23 bits per heavy atom. The first-order valence-electron chi connectivity index (χ1n) is 7.71. The Bertz CT molecular complexity index is 552. The maximum atomic E-state index is 12.5. The first kappa shape index (κ1) is 16.0. The number of rotatable bonds is 3. The second-order valence-electron chi connectivity index (χ2n) is 6.13. The molecular formula is C16H20N3O2V-. The summed E-state index contributed by atoms with van der Waals surface area (Å²) in [6.45, 7) is 5.04. The standard InChI is InChI=1S/C16H20N3O2.V/c20-15(18-7-1-2-8-18)13-5-3-6-14(17-13)16(11-21-12-16)19-9-4-10-19;/h3-6H,1-2,7-12H2;/q-1;. The van der Waals surface area contributed by atoms with E-state index in [1.807, 2.05) is 23.1 Å². The fourth-order valence-corrected chi connectivity index (χ4v) is 3.29. The Kier molecular flexibility index (Phi) is 4.60. The van der Waals surface area contributed by atoms with Gasteiger partial charge in [0.25, 0.3) is 5.91 Å². The van der Waals surface area contributed by atoms with Crippen LogP contribution in [-0.4, -0.2) is 60.1 Å². The van der Waals surface area contributed by atoms with E-state index in [0.29, 0.717) is 18.9 Å². The third-order valence-electron chi connectivity index (χ3n) is 4.82. The maximum Gasteiger partial charge on any atom is 0.272 e. The Labute approximate surface area is 142 Å². The molecule has 0 spiro atoms. The summed E-state index contributed by atoms with van der Waals surface area (Å²) in [7, 11) is 0. The van der Waals surface area contributed by atoms with E-state index in [1.165, 1.54) is 0 Å². The van der Waals surface area contributed by atoms with Crippen LogP contribution in [0.15, 0.2) is 18.2 Å². The van der Waals surface area contributed by atoms with Gasteiger partial charge in [0, 0.05) is 31.6 Å². The largest absolute Gasteiger partial charge is 0.377 e. The molecule has 22 heavy (non-hydrogen) atoms. The van der Waals surface area contributed by atoms with Gasteiger partial charge < -0.3 is 21.0 Å². The maximum absolute atomic E-state index is 12.5. The molecule has 0 unspecified atom stereocenters. The quantitative estimate of drug-likeness (QED) is 0.774. The minimum atomic E-state index is -0.115. The zero-order valence-electron chi connectivity index (χ0n) is 12.6. The van der Waals surface area contributed by atoms with Gasteiger partial charge in [0.05, 0.1) is 18.9 Å². The smallest absolute Gasteiger partial charge is 0.272 e. The minimum Gasteiger partial charge on any atom is -0.377 e. The van der Waals surface area contributed by atoms with E-state index in [4.69, 9.17) is 4.74 Å². The molecule has 4 rings (SSSR count). The van der Waals surface area contributed by atoms with Crippen molar-refractivity contribution in [2.45, 2.75) is 18.4 Å². The number of hydrogen-bond acceptors (Lipinski definition) is 4. The monoisotopic (exact) mass is 337 g/mol. The molecule has 5 nitrogen and oxygen atoms in total. The molecule has 1 amide bonds. The van der Waals surface area contributed by atoms with E-state index in [-0.39, 0.29) is 30.0 Å². The van der Waals surface area contributed by atoms with Gasteiger partial charge in [-0.1, -0.05) is 6.07 Å². The van der Waals surface area contributed by atoms with E-state index in [1.54, 1.807) is 0 Å². The molecule has 0 aliphatic carbocycles. The number of likely N-dealkylation sites (tertiary alicyclic amines) is 2. The SMILES string of the molecule is O=C(c1cccc(C2(N3C[CH-]C3)COC2)n1)N1CCCC1.[V]. The molecule has 0 atom stereocenters. The number of aromatic nitrogens is 1. The summed E-state index contributed by atoms with van der Waals surface area (Å²) < 4.78 is 5.46. The van der Waals surface area contributed by atoms with Crippen molar-refractivity contribution in [3.63, 3.8) is 0 Å². The van der Waals surface area contributed by atoms with Crippen molar-refractivity contribution in [3.8, 4) is 0 Å². The zero-order valence-corrected chi connectivity index (χ0v) is 14.0. The molecule has 0 saturated carbocycles. The topological polar surface area (TPSA) is 45.7 Å². The third kappa shape index (κ3) is 2.50. The van der Waals surface area contributed by atoms with E-state index in [2.05, 4.69) is 16.3 Å². The summed E-state index contributed by atoms with van der Waals surface area (Å²) in [5, 5.41) is 0. The number of carbonyl (C=O) groups is 1. The molecule has 0 N–H and O–H groups in total. The molecule has 1 aromatic rings. The Morgan fingerprint density at radius 2 is 1.95 bits per heavy atom. The van der Waals surface area contributed by atoms with Crippen LogP contribution in [0.5, 0.6) is 0 Å². The Balaban J connectivity index is 0.00000144. The number of hydrogen-bond donors (Lipinski definition) is 0. The van der Waals surface area contributed by atoms with Gasteiger partial charge in [0.1, 0.15) is 11.2 Å². The Morgan fingerprint density at radius 3 is 2.50 bits per heavy atom. The van der Waals surface area contributed by atoms with Crippen molar-refractivity contribution in [1.82, 2.24) is 14.8 Å². The first-order valence-corrected chi connectivity index (χ1v) is 7.71. The molecule has 6 heteroatoms. The Hall–Kier alpha value is -0.876. The summed E-state index contributed by atoms with van der Waals surface area (Å²) in [6.07, 6.45) is 4.46. The molecule has 3 fully saturated rings. The first-order chi connectivity index (χ1) is 10.3. The summed E-state index contributed by atoms with van der Waals surface area (Å²) in [5.41, 5.74) is 1.44. The van der Waals surface area contributed by atoms with Gasteiger partial charge >= 0.3 is 0 Å². The van der Waals surface area contributed by atoms with Gasteiger partial charge in [0.15, 0.2) is 0 Å². The molecule has 0 aromatic carbocycles. The molecule has 1 aromatic heterocycles. The molecule has 1 radical (unpaired) electrons. The van der Waals surface area contributed by atoms with Crippen molar-refractivity contribution < 1.29 is 28.1 Å². The van der Waals surface area contributed by atoms with Crippen molar-refractivity contribution in [2.75, 3.05) is 39.4 Å². The predicted molar refractivity (Wildman–Crippen MR) is 77.7 cm³/mol. The van der Waals surface area contributed by atoms with Crippen LogP contribution in [0.2, 0.25) is 0 Å². The fraction of sp³-hybridized carbons (Fsp3) is 0.562. The molecular weight excluding hydrogens is 317 g/mol. The molecule has 3 saturated heterocycles. The molecule has 4 heterocycles. The van der Waals surface area contributed by atoms with E-state index >= 15 is 0 Å². The molecule has 3 aliphatic rings. The number of ether oxygens (including phenoxy) is 1. The molecule has 3 aliphatic heterocycles. The van der Waals surface area contributed by atoms with Gasteiger partial charge in [-0.2, -0.15) is 0 Å². The fourth-order valence-electron chi connectivity index (χ4n) is 3.29. The van der Waals surface area contributed by atoms with Gasteiger partial charge in [0.2, 0.25) is 0 Å². The van der Waals surface area contributed by atoms with Gasteiger partial charge in [-0.3, -0.25) is 4.79 Å². The molecule has 0 bridgehead atoms. The predicted octanol–water partition coefficient (Wildman–Crippen LogP) is 1.06. The normalized spacial score (nSPS) is 23.4. The van der Waals surface area contributed by atoms with Crippen molar-refractivity contribution in [1.29, 1.82) is 0 Å². The van der Waals surface area contributed by atoms with Crippen LogP contribution in [0, 0.1) is 6.42 Å². The summed E-state index contributed by atoms with van der Waals surface area (Å²) in [6, 6.07) is 5.82. The summed E-state index contributed by atoms with van der Waals surface area (Å²) in [5.74, 6) is 0.0694. The average Bonchev–Trinajstić information content (AvgIpc) is 2.94. The third-order valence-corrected chi connectivity index (χ3v) is 4.82. The van der Waals surface area contributed by atoms with Crippen molar-refractivity contribution >= 4 is 5.91 Å². The van der Waals surface area contributed by atoms with E-state index < -0.39 is 0 Å². The van der Waals surface area contributed by atoms with Crippen LogP contribution in [0.4, 0.5) is 0 Å². The average molecular weight is 337 g/mol. The summed E-state index contributed by atoms with van der Waals surface area (Å²) in [4.78, 5) is 21.5. The van der Waals surface area contributed by atoms with Crippen LogP contribution in [0.25, 0.3) is 0 Å². The van der Waals surface area contributed by atoms with Gasteiger partial charge in [-0.25, -0.2) is 4.98 Å². The molecule has 117 valence electrons. The minimum absolute atomic E-state index is 0.